The van der Waals surface area contributed by atoms with Gasteiger partial charge in [0.05, 0.1) is 13.0 Å². The number of nitrogens with two attached hydrogens (primary N) is 1. The zero-order valence-electron chi connectivity index (χ0n) is 9.19. The lowest BCUT2D eigenvalue weighted by atomic mass is 9.92. The normalized spacial score (nSPS) is 29.2. The molecule has 0 aromatic rings. The van der Waals surface area contributed by atoms with Gasteiger partial charge in [0.1, 0.15) is 0 Å². The first-order valence-corrected chi connectivity index (χ1v) is 5.13. The molecule has 0 aromatic carbocycles. The number of hydrogen-bond acceptors (Lipinski definition) is 4. The monoisotopic (exact) mass is 200 g/mol. The van der Waals surface area contributed by atoms with Crippen molar-refractivity contribution in [2.24, 2.45) is 11.7 Å². The Labute approximate surface area is 85.4 Å². The number of methoxy groups -OCH3 is 1. The molecule has 0 saturated carbocycles. The van der Waals surface area contributed by atoms with Crippen molar-refractivity contribution < 1.29 is 9.53 Å². The Bertz CT molecular complexity index is 206. The quantitative estimate of drug-likeness (QED) is 0.648. The molecule has 1 heterocycles. The molecule has 14 heavy (non-hydrogen) atoms. The first kappa shape index (κ1) is 11.5. The summed E-state index contributed by atoms with van der Waals surface area (Å²) in [6.07, 6.45) is 0.873. The Morgan fingerprint density at radius 3 is 2.71 bits per heavy atom. The minimum Gasteiger partial charge on any atom is -0.469 e. The summed E-state index contributed by atoms with van der Waals surface area (Å²) in [5.74, 6) is -0.334. The van der Waals surface area contributed by atoms with E-state index >= 15 is 0 Å². The molecule has 1 fully saturated rings. The molecule has 82 valence electrons. The number of piperidine rings is 1. The fourth-order valence-electron chi connectivity index (χ4n) is 1.87. The third-order valence-electron chi connectivity index (χ3n) is 2.93. The number of nitrogens with zero attached hydrogens (tertiary/aromatic N) is 1. The van der Waals surface area contributed by atoms with Crippen LogP contribution in [0.25, 0.3) is 0 Å². The number of ether oxygens (including phenoxy) is 1. The van der Waals surface area contributed by atoms with Crippen molar-refractivity contribution in [3.8, 4) is 0 Å². The Hall–Kier alpha value is -0.610. The summed E-state index contributed by atoms with van der Waals surface area (Å²) in [4.78, 5) is 13.7. The van der Waals surface area contributed by atoms with Crippen LogP contribution in [0.1, 0.15) is 20.3 Å². The molecule has 0 bridgehead atoms. The molecule has 4 heteroatoms. The van der Waals surface area contributed by atoms with Crippen molar-refractivity contribution in [2.75, 3.05) is 20.2 Å². The van der Waals surface area contributed by atoms with Crippen LogP contribution >= 0.6 is 0 Å². The van der Waals surface area contributed by atoms with Gasteiger partial charge in [0.25, 0.3) is 0 Å². The van der Waals surface area contributed by atoms with Gasteiger partial charge in [-0.1, -0.05) is 0 Å². The van der Waals surface area contributed by atoms with Gasteiger partial charge in [-0.25, -0.2) is 0 Å². The molecule has 0 aromatic heterocycles. The van der Waals surface area contributed by atoms with E-state index in [1.54, 1.807) is 0 Å². The van der Waals surface area contributed by atoms with Crippen LogP contribution in [0.15, 0.2) is 0 Å². The van der Waals surface area contributed by atoms with Gasteiger partial charge in [0.2, 0.25) is 0 Å². The van der Waals surface area contributed by atoms with E-state index in [-0.39, 0.29) is 17.9 Å². The molecule has 0 aliphatic carbocycles. The maximum Gasteiger partial charge on any atom is 0.311 e. The van der Waals surface area contributed by atoms with Gasteiger partial charge in [-0.2, -0.15) is 0 Å². The SMILES string of the molecule is COC(=O)[C@H]1CN(C(C)C)CC[C@H]1N. The molecule has 0 radical (unpaired) electrons. The van der Waals surface area contributed by atoms with Crippen molar-refractivity contribution in [1.82, 2.24) is 4.90 Å². The molecule has 1 rings (SSSR count). The highest BCUT2D eigenvalue weighted by Gasteiger charge is 2.33. The summed E-state index contributed by atoms with van der Waals surface area (Å²) in [6, 6.07) is 0.423. The van der Waals surface area contributed by atoms with E-state index in [1.165, 1.54) is 7.11 Å². The summed E-state index contributed by atoms with van der Waals surface area (Å²) in [6.45, 7) is 5.97. The van der Waals surface area contributed by atoms with E-state index in [2.05, 4.69) is 18.7 Å². The molecular weight excluding hydrogens is 180 g/mol. The first-order chi connectivity index (χ1) is 6.56. The van der Waals surface area contributed by atoms with Crippen LogP contribution in [-0.4, -0.2) is 43.2 Å². The molecule has 4 nitrogen and oxygen atoms in total. The van der Waals surface area contributed by atoms with Crippen molar-refractivity contribution in [3.63, 3.8) is 0 Å². The van der Waals surface area contributed by atoms with E-state index < -0.39 is 0 Å². The average Bonchev–Trinajstić information content (AvgIpc) is 2.17. The van der Waals surface area contributed by atoms with Crippen LogP contribution in [0, 0.1) is 5.92 Å². The molecule has 0 amide bonds. The minimum absolute atomic E-state index is 0.0440. The second kappa shape index (κ2) is 4.75. The van der Waals surface area contributed by atoms with Crippen molar-refractivity contribution in [2.45, 2.75) is 32.4 Å². The van der Waals surface area contributed by atoms with Gasteiger partial charge >= 0.3 is 5.97 Å². The van der Waals surface area contributed by atoms with Crippen molar-refractivity contribution in [1.29, 1.82) is 0 Å². The van der Waals surface area contributed by atoms with Crippen LogP contribution in [-0.2, 0) is 9.53 Å². The average molecular weight is 200 g/mol. The van der Waals surface area contributed by atoms with Crippen LogP contribution < -0.4 is 5.73 Å². The minimum atomic E-state index is -0.178. The zero-order chi connectivity index (χ0) is 10.7. The molecular formula is C10H20N2O2. The van der Waals surface area contributed by atoms with Crippen LogP contribution in [0.2, 0.25) is 0 Å². The lowest BCUT2D eigenvalue weighted by Crippen LogP contribution is -2.52. The lowest BCUT2D eigenvalue weighted by molar-refractivity contribution is -0.148. The number of likely N-dealkylation sites (tertiary alicyclic amines) is 1. The molecule has 2 N–H and O–H groups in total. The van der Waals surface area contributed by atoms with E-state index in [4.69, 9.17) is 10.5 Å². The fraction of sp³-hybridized carbons (Fsp3) is 0.900. The molecule has 2 atom stereocenters. The van der Waals surface area contributed by atoms with Gasteiger partial charge in [-0.15, -0.1) is 0 Å². The summed E-state index contributed by atoms with van der Waals surface area (Å²) in [5.41, 5.74) is 5.89. The zero-order valence-corrected chi connectivity index (χ0v) is 9.19. The van der Waals surface area contributed by atoms with Gasteiger partial charge < -0.3 is 10.5 Å². The molecule has 0 spiro atoms. The van der Waals surface area contributed by atoms with Gasteiger partial charge in [0, 0.05) is 18.6 Å². The maximum atomic E-state index is 11.4. The van der Waals surface area contributed by atoms with Crippen LogP contribution in [0.4, 0.5) is 0 Å². The van der Waals surface area contributed by atoms with Gasteiger partial charge in [0.15, 0.2) is 0 Å². The summed E-state index contributed by atoms with van der Waals surface area (Å²) >= 11 is 0. The maximum absolute atomic E-state index is 11.4. The predicted molar refractivity (Wildman–Crippen MR) is 54.8 cm³/mol. The molecule has 1 saturated heterocycles. The smallest absolute Gasteiger partial charge is 0.311 e. The molecule has 0 unspecified atom stereocenters. The van der Waals surface area contributed by atoms with Crippen molar-refractivity contribution >= 4 is 5.97 Å². The van der Waals surface area contributed by atoms with Gasteiger partial charge in [-0.3, -0.25) is 9.69 Å². The second-order valence-electron chi connectivity index (χ2n) is 4.17. The number of esters is 1. The highest BCUT2D eigenvalue weighted by molar-refractivity contribution is 5.73. The topological polar surface area (TPSA) is 55.6 Å². The van der Waals surface area contributed by atoms with Gasteiger partial charge in [-0.05, 0) is 26.8 Å². The number of carbonyl (C=O) groups excluding carboxylic acids is 1. The highest BCUT2D eigenvalue weighted by Crippen LogP contribution is 2.18. The summed E-state index contributed by atoms with van der Waals surface area (Å²) in [5, 5.41) is 0. The largest absolute Gasteiger partial charge is 0.469 e. The second-order valence-corrected chi connectivity index (χ2v) is 4.17. The summed E-state index contributed by atoms with van der Waals surface area (Å²) < 4.78 is 4.74. The number of rotatable bonds is 2. The number of carbonyl (C=O) groups is 1. The molecule has 1 aliphatic heterocycles. The van der Waals surface area contributed by atoms with E-state index in [0.717, 1.165) is 19.5 Å². The lowest BCUT2D eigenvalue weighted by Gasteiger charge is -2.37. The first-order valence-electron chi connectivity index (χ1n) is 5.13. The predicted octanol–water partition coefficient (Wildman–Crippen LogP) is 0.217. The van der Waals surface area contributed by atoms with Crippen LogP contribution in [0.5, 0.6) is 0 Å². The fourth-order valence-corrected chi connectivity index (χ4v) is 1.87. The number of hydrogen-bond donors (Lipinski definition) is 1. The standard InChI is InChI=1S/C10H20N2O2/c1-7(2)12-5-4-9(11)8(6-12)10(13)14-3/h7-9H,4-6,11H2,1-3H3/t8-,9+/m0/s1. The van der Waals surface area contributed by atoms with E-state index in [9.17, 15) is 4.79 Å². The molecule has 1 aliphatic rings. The Morgan fingerprint density at radius 1 is 1.57 bits per heavy atom. The van der Waals surface area contributed by atoms with Crippen LogP contribution in [0.3, 0.4) is 0 Å². The third kappa shape index (κ3) is 2.45. The van der Waals surface area contributed by atoms with E-state index in [0.29, 0.717) is 6.04 Å². The summed E-state index contributed by atoms with van der Waals surface area (Å²) in [7, 11) is 1.42. The van der Waals surface area contributed by atoms with Crippen molar-refractivity contribution in [3.05, 3.63) is 0 Å². The Morgan fingerprint density at radius 2 is 2.21 bits per heavy atom. The third-order valence-corrected chi connectivity index (χ3v) is 2.93. The Balaban J connectivity index is 2.59. The Kier molecular flexibility index (Phi) is 3.89. The van der Waals surface area contributed by atoms with E-state index in [1.807, 2.05) is 0 Å². The highest BCUT2D eigenvalue weighted by atomic mass is 16.5.